The molecule has 0 rings (SSSR count). The van der Waals surface area contributed by atoms with E-state index >= 15 is 0 Å². The predicted molar refractivity (Wildman–Crippen MR) is 47.9 cm³/mol. The van der Waals surface area contributed by atoms with Crippen molar-refractivity contribution in [1.29, 1.82) is 0 Å². The van der Waals surface area contributed by atoms with Crippen molar-refractivity contribution in [1.82, 2.24) is 0 Å². The summed E-state index contributed by atoms with van der Waals surface area (Å²) in [4.78, 5) is 72.6. The van der Waals surface area contributed by atoms with Crippen molar-refractivity contribution in [2.75, 3.05) is 0 Å². The zero-order chi connectivity index (χ0) is 14.3. The van der Waals surface area contributed by atoms with Crippen LogP contribution in [0.15, 0.2) is 0 Å². The van der Waals surface area contributed by atoms with Crippen molar-refractivity contribution < 1.29 is 57.7 Å². The maximum atomic E-state index is 8.48. The van der Waals surface area contributed by atoms with Gasteiger partial charge in [0.15, 0.2) is 0 Å². The van der Waals surface area contributed by atoms with Crippen molar-refractivity contribution in [2.45, 2.75) is 0 Å². The second-order valence-electron chi connectivity index (χ2n) is 0.939. The Morgan fingerprint density at radius 3 is 0.611 bits per heavy atom. The minimum Gasteiger partial charge on any atom is -0.598 e. The van der Waals surface area contributed by atoms with Gasteiger partial charge < -0.3 is 44.0 Å². The van der Waals surface area contributed by atoms with Gasteiger partial charge in [-0.3, -0.25) is 0 Å². The standard InChI is InChI=1S/2Al.H3O3P.3HO3P/c;;4*1-4(2)3/h;;1-3H;3*(H,1,2,3)/q2*+3;;;;/p-3. The Kier molecular flexibility index (Phi) is 63.1. The Labute approximate surface area is 126 Å². The van der Waals surface area contributed by atoms with E-state index in [1.807, 2.05) is 0 Å². The first-order valence-electron chi connectivity index (χ1n) is 2.24. The maximum Gasteiger partial charge on any atom is 3.00 e. The van der Waals surface area contributed by atoms with Crippen LogP contribution in [0.5, 0.6) is 0 Å². The molecule has 0 bridgehead atoms. The van der Waals surface area contributed by atoms with E-state index in [9.17, 15) is 0 Å². The van der Waals surface area contributed by atoms with E-state index in [2.05, 4.69) is 0 Å². The van der Waals surface area contributed by atoms with E-state index in [-0.39, 0.29) is 34.7 Å². The van der Waals surface area contributed by atoms with Gasteiger partial charge in [-0.1, -0.05) is 13.7 Å². The third kappa shape index (κ3) is 2290. The topological polar surface area (TPSA) is 250 Å². The fourth-order valence-electron chi connectivity index (χ4n) is 0. The molecule has 0 saturated carbocycles. The number of rotatable bonds is 0. The largest absolute Gasteiger partial charge is 3.00 e. The van der Waals surface area contributed by atoms with Gasteiger partial charge in [0.1, 0.15) is 0 Å². The van der Waals surface area contributed by atoms with Crippen LogP contribution in [0.1, 0.15) is 0 Å². The fourth-order valence-corrected chi connectivity index (χ4v) is 0. The van der Waals surface area contributed by atoms with E-state index in [0.717, 1.165) is 0 Å². The van der Waals surface area contributed by atoms with Gasteiger partial charge in [-0.25, -0.2) is 0 Å². The van der Waals surface area contributed by atoms with Gasteiger partial charge in [0.25, 0.3) is 24.8 Å². The zero-order valence-electron chi connectivity index (χ0n) is 7.96. The van der Waals surface area contributed by atoms with E-state index in [0.29, 0.717) is 0 Å². The van der Waals surface area contributed by atoms with Crippen LogP contribution in [0.4, 0.5) is 0 Å². The second kappa shape index (κ2) is 31.0. The molecular weight excluding hydrogens is 370 g/mol. The molecule has 0 aromatic rings. The van der Waals surface area contributed by atoms with E-state index < -0.39 is 33.4 Å². The smallest absolute Gasteiger partial charge is 0.598 e. The van der Waals surface area contributed by atoms with Crippen LogP contribution in [0, 0.1) is 0 Å². The molecule has 3 N–H and O–H groups in total. The normalized spacial score (nSPS) is 6.33. The molecule has 0 aliphatic carbocycles. The molecule has 0 aliphatic rings. The van der Waals surface area contributed by atoms with Crippen LogP contribution in [-0.2, 0) is 13.7 Å². The first-order chi connectivity index (χ1) is 6.93. The Hall–Kier alpha value is 1.43. The summed E-state index contributed by atoms with van der Waals surface area (Å²) < 4.78 is 25.4. The van der Waals surface area contributed by atoms with Gasteiger partial charge in [-0.05, 0) is 0 Å². The molecule has 0 unspecified atom stereocenters. The monoisotopic (exact) mass is 373 g/mol. The van der Waals surface area contributed by atoms with Crippen LogP contribution in [0.2, 0.25) is 0 Å². The Morgan fingerprint density at radius 1 is 0.611 bits per heavy atom. The van der Waals surface area contributed by atoms with Crippen LogP contribution < -0.4 is 29.4 Å². The zero-order valence-corrected chi connectivity index (χ0v) is 13.8. The first kappa shape index (κ1) is 36.6. The summed E-state index contributed by atoms with van der Waals surface area (Å²) in [6.45, 7) is 0. The van der Waals surface area contributed by atoms with Crippen molar-refractivity contribution in [3.63, 3.8) is 0 Å². The van der Waals surface area contributed by atoms with Crippen molar-refractivity contribution in [3.8, 4) is 0 Å². The quantitative estimate of drug-likeness (QED) is 0.265. The predicted octanol–water partition coefficient (Wildman–Crippen LogP) is -6.48. The Morgan fingerprint density at radius 2 is 0.611 bits per heavy atom. The molecule has 98 valence electrons. The number of hydrogen-bond donors (Lipinski definition) is 3. The van der Waals surface area contributed by atoms with Crippen molar-refractivity contribution in [3.05, 3.63) is 0 Å². The van der Waals surface area contributed by atoms with E-state index in [1.54, 1.807) is 0 Å². The molecule has 0 aromatic carbocycles. The van der Waals surface area contributed by atoms with Gasteiger partial charge in [0, 0.05) is 0 Å². The summed E-state index contributed by atoms with van der Waals surface area (Å²) in [5, 5.41) is 0. The summed E-state index contributed by atoms with van der Waals surface area (Å²) >= 11 is 0. The third-order valence-electron chi connectivity index (χ3n) is 0. The molecule has 0 heterocycles. The minimum absolute atomic E-state index is 0. The van der Waals surface area contributed by atoms with Crippen LogP contribution in [0.25, 0.3) is 0 Å². The van der Waals surface area contributed by atoms with Gasteiger partial charge in [-0.15, -0.1) is 0 Å². The molecule has 0 fully saturated rings. The maximum absolute atomic E-state index is 8.48. The minimum atomic E-state index is -3.37. The Balaban J connectivity index is -0.0000000257. The fraction of sp³-hybridized carbons (Fsp3) is 0. The summed E-state index contributed by atoms with van der Waals surface area (Å²) in [5.74, 6) is 0. The molecule has 0 spiro atoms. The molecule has 0 saturated heterocycles. The molecule has 12 nitrogen and oxygen atoms in total. The summed E-state index contributed by atoms with van der Waals surface area (Å²) in [5.41, 5.74) is 0. The van der Waals surface area contributed by atoms with E-state index in [1.165, 1.54) is 0 Å². The molecule has 0 atom stereocenters. The summed E-state index contributed by atoms with van der Waals surface area (Å²) in [7, 11) is -12.7. The van der Waals surface area contributed by atoms with E-state index in [4.69, 9.17) is 57.7 Å². The average Bonchev–Trinajstić information content (AvgIpc) is 1.76. The third-order valence-corrected chi connectivity index (χ3v) is 0. The number of hydrogen-bond acceptors (Lipinski definition) is 12. The molecule has 0 aromatic heterocycles. The average molecular weight is 373 g/mol. The SMILES string of the molecule is O=[P+]([O-])[O-].O=[P+]([O-])[O-].O=[P+]([O-])[O-].OP(O)O.[Al+3].[Al+3]. The van der Waals surface area contributed by atoms with Gasteiger partial charge >= 0.3 is 43.3 Å². The molecular formula is H3Al2O12P4+3. The first-order valence-corrected chi connectivity index (χ1v) is 6.73. The van der Waals surface area contributed by atoms with Crippen LogP contribution in [0.3, 0.4) is 0 Å². The molecule has 0 radical (unpaired) electrons. The van der Waals surface area contributed by atoms with Crippen molar-refractivity contribution in [2.24, 2.45) is 0 Å². The van der Waals surface area contributed by atoms with Crippen molar-refractivity contribution >= 4 is 68.1 Å². The van der Waals surface area contributed by atoms with Gasteiger partial charge in [0.2, 0.25) is 0 Å². The Bertz CT molecular complexity index is 149. The summed E-state index contributed by atoms with van der Waals surface area (Å²) in [6.07, 6.45) is 0. The van der Waals surface area contributed by atoms with Crippen LogP contribution >= 0.6 is 33.4 Å². The molecule has 0 aliphatic heterocycles. The van der Waals surface area contributed by atoms with Crippen LogP contribution in [-0.4, -0.2) is 49.4 Å². The summed E-state index contributed by atoms with van der Waals surface area (Å²) in [6, 6.07) is 0. The second-order valence-corrected chi connectivity index (χ2v) is 2.82. The van der Waals surface area contributed by atoms with Gasteiger partial charge in [-0.2, -0.15) is 0 Å². The molecule has 0 amide bonds. The molecule has 18 heavy (non-hydrogen) atoms. The van der Waals surface area contributed by atoms with Gasteiger partial charge in [0.05, 0.1) is 0 Å². The molecule has 18 heteroatoms.